The van der Waals surface area contributed by atoms with Crippen LogP contribution < -0.4 is 16.6 Å². The lowest BCUT2D eigenvalue weighted by Gasteiger charge is -2.13. The molecule has 0 bridgehead atoms. The summed E-state index contributed by atoms with van der Waals surface area (Å²) in [6.45, 7) is 2.39. The lowest BCUT2D eigenvalue weighted by atomic mass is 10.2. The number of halogens is 1. The Morgan fingerprint density at radius 2 is 2.17 bits per heavy atom. The standard InChI is InChI=1S/C14H20N6O2.ClH/c1-19-12-11(13(21)18-14(19)22)20(9-17-12)8-4-7-16-10-5-2-3-6-15-10;/h9H,2-8H2,1H3,(H,15,16)(H,18,21,22);1H. The Kier molecular flexibility index (Phi) is 5.59. The smallest absolute Gasteiger partial charge is 0.329 e. The number of hydrogen-bond donors (Lipinski definition) is 2. The van der Waals surface area contributed by atoms with Crippen LogP contribution in [0.4, 0.5) is 0 Å². The topological polar surface area (TPSA) is 97.1 Å². The third-order valence-electron chi connectivity index (χ3n) is 3.91. The van der Waals surface area contributed by atoms with E-state index in [0.29, 0.717) is 17.7 Å². The van der Waals surface area contributed by atoms with Gasteiger partial charge in [-0.2, -0.15) is 0 Å². The van der Waals surface area contributed by atoms with Crippen LogP contribution in [0.1, 0.15) is 25.7 Å². The van der Waals surface area contributed by atoms with Crippen LogP contribution in [-0.4, -0.2) is 38.0 Å². The molecule has 1 aliphatic rings. The molecule has 0 atom stereocenters. The first kappa shape index (κ1) is 17.3. The maximum Gasteiger partial charge on any atom is 0.329 e. The normalized spacial score (nSPS) is 14.4. The molecule has 3 rings (SSSR count). The van der Waals surface area contributed by atoms with Crippen molar-refractivity contribution in [3.63, 3.8) is 0 Å². The summed E-state index contributed by atoms with van der Waals surface area (Å²) in [5.41, 5.74) is 0.0235. The molecule has 3 heterocycles. The number of imidazole rings is 1. The molecule has 8 nitrogen and oxygen atoms in total. The molecular formula is C14H21ClN6O2. The molecule has 23 heavy (non-hydrogen) atoms. The SMILES string of the molecule is Cl.Cn1c(=O)[nH]c(=O)c2c1ncn2CCCNC1=NCCCC1. The molecule has 0 spiro atoms. The highest BCUT2D eigenvalue weighted by atomic mass is 35.5. The molecule has 0 fully saturated rings. The van der Waals surface area contributed by atoms with E-state index in [2.05, 4.69) is 20.3 Å². The predicted octanol–water partition coefficient (Wildman–Crippen LogP) is 0.407. The molecule has 126 valence electrons. The van der Waals surface area contributed by atoms with Crippen LogP contribution in [0.15, 0.2) is 20.9 Å². The summed E-state index contributed by atoms with van der Waals surface area (Å²) in [5.74, 6) is 1.09. The molecule has 2 aromatic rings. The summed E-state index contributed by atoms with van der Waals surface area (Å²) in [7, 11) is 1.60. The molecule has 0 radical (unpaired) electrons. The van der Waals surface area contributed by atoms with Gasteiger partial charge in [-0.15, -0.1) is 12.4 Å². The molecule has 1 aliphatic heterocycles. The summed E-state index contributed by atoms with van der Waals surface area (Å²) in [5, 5.41) is 3.34. The number of H-pyrrole nitrogens is 1. The minimum absolute atomic E-state index is 0. The summed E-state index contributed by atoms with van der Waals surface area (Å²) in [6.07, 6.45) is 5.86. The first-order chi connectivity index (χ1) is 10.7. The van der Waals surface area contributed by atoms with Crippen LogP contribution >= 0.6 is 12.4 Å². The highest BCUT2D eigenvalue weighted by Gasteiger charge is 2.11. The molecule has 0 amide bonds. The van der Waals surface area contributed by atoms with Crippen LogP contribution in [0, 0.1) is 0 Å². The molecule has 2 aromatic heterocycles. The highest BCUT2D eigenvalue weighted by Crippen LogP contribution is 2.06. The van der Waals surface area contributed by atoms with Gasteiger partial charge in [-0.05, 0) is 19.3 Å². The van der Waals surface area contributed by atoms with Crippen molar-refractivity contribution in [1.82, 2.24) is 24.4 Å². The van der Waals surface area contributed by atoms with Crippen LogP contribution in [0.25, 0.3) is 11.2 Å². The predicted molar refractivity (Wildman–Crippen MR) is 91.6 cm³/mol. The van der Waals surface area contributed by atoms with Gasteiger partial charge in [0.2, 0.25) is 0 Å². The zero-order chi connectivity index (χ0) is 15.5. The van der Waals surface area contributed by atoms with E-state index in [-0.39, 0.29) is 18.0 Å². The van der Waals surface area contributed by atoms with Gasteiger partial charge in [0.05, 0.1) is 12.2 Å². The molecule has 0 saturated carbocycles. The van der Waals surface area contributed by atoms with Gasteiger partial charge in [-0.3, -0.25) is 19.3 Å². The number of hydrogen-bond acceptors (Lipinski definition) is 5. The number of aromatic amines is 1. The average Bonchev–Trinajstić information content (AvgIpc) is 2.95. The molecule has 9 heteroatoms. The van der Waals surface area contributed by atoms with Gasteiger partial charge >= 0.3 is 5.69 Å². The average molecular weight is 341 g/mol. The van der Waals surface area contributed by atoms with Crippen molar-refractivity contribution >= 4 is 29.4 Å². The van der Waals surface area contributed by atoms with E-state index in [0.717, 1.165) is 31.8 Å². The summed E-state index contributed by atoms with van der Waals surface area (Å²) in [4.78, 5) is 34.4. The van der Waals surface area contributed by atoms with Gasteiger partial charge in [0.1, 0.15) is 0 Å². The molecule has 2 N–H and O–H groups in total. The van der Waals surface area contributed by atoms with Crippen molar-refractivity contribution in [2.45, 2.75) is 32.2 Å². The Labute approximate surface area is 139 Å². The third-order valence-corrected chi connectivity index (χ3v) is 3.91. The van der Waals surface area contributed by atoms with Crippen molar-refractivity contribution in [2.75, 3.05) is 13.1 Å². The Morgan fingerprint density at radius 3 is 2.91 bits per heavy atom. The van der Waals surface area contributed by atoms with Crippen molar-refractivity contribution in [1.29, 1.82) is 0 Å². The largest absolute Gasteiger partial charge is 0.374 e. The van der Waals surface area contributed by atoms with Crippen molar-refractivity contribution in [3.05, 3.63) is 27.2 Å². The summed E-state index contributed by atoms with van der Waals surface area (Å²) < 4.78 is 3.14. The zero-order valence-corrected chi connectivity index (χ0v) is 13.9. The Morgan fingerprint density at radius 1 is 1.35 bits per heavy atom. The van der Waals surface area contributed by atoms with Gasteiger partial charge in [0.25, 0.3) is 5.56 Å². The minimum Gasteiger partial charge on any atom is -0.374 e. The van der Waals surface area contributed by atoms with Gasteiger partial charge in [0, 0.05) is 33.1 Å². The van der Waals surface area contributed by atoms with E-state index in [1.165, 1.54) is 17.4 Å². The fraction of sp³-hybridized carbons (Fsp3) is 0.571. The maximum atomic E-state index is 11.9. The monoisotopic (exact) mass is 340 g/mol. The van der Waals surface area contributed by atoms with E-state index in [9.17, 15) is 9.59 Å². The number of nitrogens with one attached hydrogen (secondary N) is 2. The first-order valence-corrected chi connectivity index (χ1v) is 7.58. The minimum atomic E-state index is -0.445. The number of rotatable bonds is 4. The molecule has 0 aliphatic carbocycles. The summed E-state index contributed by atoms with van der Waals surface area (Å²) >= 11 is 0. The Bertz CT molecular complexity index is 819. The fourth-order valence-electron chi connectivity index (χ4n) is 2.68. The van der Waals surface area contributed by atoms with Crippen LogP contribution in [0.5, 0.6) is 0 Å². The third kappa shape index (κ3) is 3.64. The van der Waals surface area contributed by atoms with Crippen LogP contribution in [0.2, 0.25) is 0 Å². The number of aryl methyl sites for hydroxylation is 2. The number of nitrogens with zero attached hydrogens (tertiary/aromatic N) is 4. The zero-order valence-electron chi connectivity index (χ0n) is 13.0. The van der Waals surface area contributed by atoms with Gasteiger partial charge in [-0.1, -0.05) is 0 Å². The number of fused-ring (bicyclic) bond motifs is 1. The van der Waals surface area contributed by atoms with E-state index in [4.69, 9.17) is 0 Å². The van der Waals surface area contributed by atoms with Crippen molar-refractivity contribution in [3.8, 4) is 0 Å². The molecular weight excluding hydrogens is 320 g/mol. The van der Waals surface area contributed by atoms with E-state index < -0.39 is 5.69 Å². The maximum absolute atomic E-state index is 11.9. The molecule has 0 saturated heterocycles. The fourth-order valence-corrected chi connectivity index (χ4v) is 2.68. The lowest BCUT2D eigenvalue weighted by Crippen LogP contribution is -2.29. The van der Waals surface area contributed by atoms with E-state index >= 15 is 0 Å². The molecule has 0 aromatic carbocycles. The van der Waals surface area contributed by atoms with Crippen LogP contribution in [-0.2, 0) is 13.6 Å². The van der Waals surface area contributed by atoms with Gasteiger partial charge < -0.3 is 9.88 Å². The van der Waals surface area contributed by atoms with Gasteiger partial charge in [-0.25, -0.2) is 9.78 Å². The second kappa shape index (κ2) is 7.45. The Hall–Kier alpha value is -2.09. The molecule has 0 unspecified atom stereocenters. The quantitative estimate of drug-likeness (QED) is 0.788. The summed E-state index contributed by atoms with van der Waals surface area (Å²) in [6, 6.07) is 0. The first-order valence-electron chi connectivity index (χ1n) is 7.58. The van der Waals surface area contributed by atoms with Crippen molar-refractivity contribution < 1.29 is 0 Å². The lowest BCUT2D eigenvalue weighted by molar-refractivity contribution is 0.629. The number of amidine groups is 1. The second-order valence-electron chi connectivity index (χ2n) is 5.49. The van der Waals surface area contributed by atoms with Crippen molar-refractivity contribution in [2.24, 2.45) is 12.0 Å². The van der Waals surface area contributed by atoms with Crippen LogP contribution in [0.3, 0.4) is 0 Å². The second-order valence-corrected chi connectivity index (χ2v) is 5.49. The van der Waals surface area contributed by atoms with E-state index in [1.807, 2.05) is 0 Å². The van der Waals surface area contributed by atoms with E-state index in [1.54, 1.807) is 17.9 Å². The number of aliphatic imine (C=N–C) groups is 1. The Balaban J connectivity index is 0.00000192. The highest BCUT2D eigenvalue weighted by molar-refractivity contribution is 5.85. The van der Waals surface area contributed by atoms with Gasteiger partial charge in [0.15, 0.2) is 11.2 Å². The number of aromatic nitrogens is 4.